The number of carbonyl (C=O) groups excluding carboxylic acids is 2. The highest BCUT2D eigenvalue weighted by molar-refractivity contribution is 7.91. The fourth-order valence-electron chi connectivity index (χ4n) is 3.77. The molecule has 1 aliphatic rings. The molecular weight excluding hydrogens is 450 g/mol. The lowest BCUT2D eigenvalue weighted by molar-refractivity contribution is -0.345. The van der Waals surface area contributed by atoms with E-state index in [1.807, 2.05) is 30.3 Å². The number of rotatable bonds is 7. The Morgan fingerprint density at radius 1 is 0.879 bits per heavy atom. The lowest BCUT2D eigenvalue weighted by Crippen LogP contribution is -2.47. The van der Waals surface area contributed by atoms with E-state index in [2.05, 4.69) is 4.90 Å². The third-order valence-electron chi connectivity index (χ3n) is 5.60. The van der Waals surface area contributed by atoms with Crippen molar-refractivity contribution in [3.05, 3.63) is 66.2 Å². The molecule has 0 aromatic heterocycles. The van der Waals surface area contributed by atoms with Crippen molar-refractivity contribution < 1.29 is 38.1 Å². The summed E-state index contributed by atoms with van der Waals surface area (Å²) in [6, 6.07) is 17.9. The average Bonchev–Trinajstić information content (AvgIpc) is 2.81. The number of carbonyl (C=O) groups is 3. The van der Waals surface area contributed by atoms with Crippen LogP contribution in [-0.2, 0) is 29.6 Å². The number of carboxylic acid groups (broad SMARTS) is 3. The van der Waals surface area contributed by atoms with Crippen molar-refractivity contribution in [3.63, 3.8) is 0 Å². The summed E-state index contributed by atoms with van der Waals surface area (Å²) in [6.07, 6.45) is 1.62. The van der Waals surface area contributed by atoms with E-state index >= 15 is 0 Å². The van der Waals surface area contributed by atoms with Crippen LogP contribution < -0.4 is 10.2 Å². The number of likely N-dealkylation sites (tertiary alicyclic amines) is 1. The van der Waals surface area contributed by atoms with E-state index in [9.17, 15) is 18.3 Å². The van der Waals surface area contributed by atoms with Gasteiger partial charge in [0.25, 0.3) is 0 Å². The molecule has 0 unspecified atom stereocenters. The number of sulfone groups is 1. The Bertz CT molecular complexity index is 1030. The first-order chi connectivity index (χ1) is 15.6. The molecule has 3 rings (SSSR count). The molecule has 1 fully saturated rings. The quantitative estimate of drug-likeness (QED) is 0.520. The van der Waals surface area contributed by atoms with Gasteiger partial charge in [-0.1, -0.05) is 48.5 Å². The number of piperidine rings is 1. The van der Waals surface area contributed by atoms with Gasteiger partial charge in [-0.25, -0.2) is 8.42 Å². The molecule has 33 heavy (non-hydrogen) atoms. The van der Waals surface area contributed by atoms with Gasteiger partial charge in [0, 0.05) is 0 Å². The number of benzene rings is 2. The molecule has 0 atom stereocenters. The zero-order valence-electron chi connectivity index (χ0n) is 17.9. The fourth-order valence-corrected chi connectivity index (χ4v) is 5.08. The normalized spacial score (nSPS) is 15.6. The summed E-state index contributed by atoms with van der Waals surface area (Å²) >= 11 is 0. The molecule has 0 spiro atoms. The van der Waals surface area contributed by atoms with Crippen LogP contribution in [0.5, 0.6) is 0 Å². The molecule has 0 saturated carbocycles. The maximum atomic E-state index is 12.4. The van der Waals surface area contributed by atoms with Crippen LogP contribution in [0, 0.1) is 0 Å². The van der Waals surface area contributed by atoms with Crippen molar-refractivity contribution in [1.29, 1.82) is 0 Å². The first-order valence-corrected chi connectivity index (χ1v) is 11.9. The minimum atomic E-state index is -3.26. The van der Waals surface area contributed by atoms with E-state index in [1.165, 1.54) is 0 Å². The van der Waals surface area contributed by atoms with Crippen LogP contribution in [0.15, 0.2) is 65.6 Å². The van der Waals surface area contributed by atoms with E-state index in [0.29, 0.717) is 43.8 Å². The minimum Gasteiger partial charge on any atom is -0.543 e. The molecule has 1 saturated heterocycles. The molecule has 178 valence electrons. The standard InChI is InChI=1S/C21H25NO4S.C2H2O4/c23-20(24)21(18-8-3-1-4-9-18)12-15-22(16-13-21)14-7-17-27(25,26)19-10-5-2-6-11-19;3-1(4)2(5)6/h1-6,8-11H,7,12-17H2,(H,23,24);(H,3,4)(H,5,6)/p-2. The van der Waals surface area contributed by atoms with Gasteiger partial charge in [0.1, 0.15) is 0 Å². The van der Waals surface area contributed by atoms with Crippen LogP contribution in [0.4, 0.5) is 0 Å². The SMILES string of the molecule is O=C(O)C1(c2ccccc2)CCN(CCCS(=O)(=O)c2ccccc2)CC1.O=C([O-])C(=O)[O-]. The van der Waals surface area contributed by atoms with Gasteiger partial charge in [-0.2, -0.15) is 0 Å². The van der Waals surface area contributed by atoms with Crippen LogP contribution in [0.25, 0.3) is 0 Å². The van der Waals surface area contributed by atoms with E-state index in [4.69, 9.17) is 19.8 Å². The predicted molar refractivity (Wildman–Crippen MR) is 115 cm³/mol. The molecule has 2 aromatic rings. The van der Waals surface area contributed by atoms with E-state index in [0.717, 1.165) is 5.56 Å². The smallest absolute Gasteiger partial charge is 0.314 e. The summed E-state index contributed by atoms with van der Waals surface area (Å²) in [5, 5.41) is 27.7. The molecule has 2 aromatic carbocycles. The first-order valence-electron chi connectivity index (χ1n) is 10.3. The van der Waals surface area contributed by atoms with Gasteiger partial charge < -0.3 is 29.8 Å². The first kappa shape index (κ1) is 26.0. The highest BCUT2D eigenvalue weighted by Gasteiger charge is 2.42. The van der Waals surface area contributed by atoms with Crippen LogP contribution in [0.3, 0.4) is 0 Å². The highest BCUT2D eigenvalue weighted by Crippen LogP contribution is 2.35. The largest absolute Gasteiger partial charge is 0.543 e. The Labute approximate surface area is 192 Å². The molecule has 1 N–H and O–H groups in total. The van der Waals surface area contributed by atoms with Gasteiger partial charge >= 0.3 is 5.97 Å². The third kappa shape index (κ3) is 7.13. The van der Waals surface area contributed by atoms with Crippen LogP contribution in [0.2, 0.25) is 0 Å². The molecule has 1 aliphatic heterocycles. The molecule has 1 heterocycles. The summed E-state index contributed by atoms with van der Waals surface area (Å²) in [5.41, 5.74) is 0.0113. The topological polar surface area (TPSA) is 155 Å². The Morgan fingerprint density at radius 2 is 1.36 bits per heavy atom. The summed E-state index contributed by atoms with van der Waals surface area (Å²) in [5.74, 6) is -5.04. The van der Waals surface area contributed by atoms with Gasteiger partial charge in [0.15, 0.2) is 9.84 Å². The van der Waals surface area contributed by atoms with Gasteiger partial charge in [-0.05, 0) is 56.6 Å². The van der Waals surface area contributed by atoms with Crippen LogP contribution in [-0.4, -0.2) is 61.7 Å². The molecule has 0 aliphatic carbocycles. The Morgan fingerprint density at radius 3 is 1.82 bits per heavy atom. The molecule has 0 amide bonds. The monoisotopic (exact) mass is 475 g/mol. The fraction of sp³-hybridized carbons (Fsp3) is 0.348. The number of carboxylic acids is 3. The molecule has 10 heteroatoms. The Hall–Kier alpha value is -3.24. The second-order valence-corrected chi connectivity index (χ2v) is 9.76. The van der Waals surface area contributed by atoms with Crippen LogP contribution >= 0.6 is 0 Å². The summed E-state index contributed by atoms with van der Waals surface area (Å²) in [7, 11) is -3.26. The summed E-state index contributed by atoms with van der Waals surface area (Å²) in [6.45, 7) is 1.98. The molecule has 0 radical (unpaired) electrons. The molecule has 0 bridgehead atoms. The lowest BCUT2D eigenvalue weighted by atomic mass is 9.73. The van der Waals surface area contributed by atoms with Crippen molar-refractivity contribution in [2.24, 2.45) is 0 Å². The number of aliphatic carboxylic acids is 3. The maximum absolute atomic E-state index is 12.4. The minimum absolute atomic E-state index is 0.107. The highest BCUT2D eigenvalue weighted by atomic mass is 32.2. The molecular formula is C23H25NO8S-2. The lowest BCUT2D eigenvalue weighted by Gasteiger charge is -2.39. The summed E-state index contributed by atoms with van der Waals surface area (Å²) in [4.78, 5) is 32.4. The van der Waals surface area contributed by atoms with Crippen molar-refractivity contribution in [2.45, 2.75) is 29.6 Å². The van der Waals surface area contributed by atoms with Crippen molar-refractivity contribution in [3.8, 4) is 0 Å². The van der Waals surface area contributed by atoms with Crippen molar-refractivity contribution >= 4 is 27.7 Å². The number of nitrogens with zero attached hydrogens (tertiary/aromatic N) is 1. The molecule has 9 nitrogen and oxygen atoms in total. The van der Waals surface area contributed by atoms with Gasteiger partial charge in [-0.3, -0.25) is 4.79 Å². The van der Waals surface area contributed by atoms with Crippen molar-refractivity contribution in [2.75, 3.05) is 25.4 Å². The number of hydrogen-bond donors (Lipinski definition) is 1. The number of hydrogen-bond acceptors (Lipinski definition) is 8. The van der Waals surface area contributed by atoms with E-state index in [1.54, 1.807) is 30.3 Å². The van der Waals surface area contributed by atoms with Gasteiger partial charge in [-0.15, -0.1) is 0 Å². The van der Waals surface area contributed by atoms with Crippen molar-refractivity contribution in [1.82, 2.24) is 4.90 Å². The predicted octanol–water partition coefficient (Wildman–Crippen LogP) is -0.545. The Balaban J connectivity index is 0.000000569. The van der Waals surface area contributed by atoms with Crippen LogP contribution in [0.1, 0.15) is 24.8 Å². The van der Waals surface area contributed by atoms with Gasteiger partial charge in [0.05, 0.1) is 28.0 Å². The Kier molecular flexibility index (Phi) is 9.12. The third-order valence-corrected chi connectivity index (χ3v) is 7.42. The summed E-state index contributed by atoms with van der Waals surface area (Å²) < 4.78 is 24.7. The second kappa shape index (κ2) is 11.6. The zero-order chi connectivity index (χ0) is 24.5. The van der Waals surface area contributed by atoms with Gasteiger partial charge in [0.2, 0.25) is 0 Å². The maximum Gasteiger partial charge on any atom is 0.314 e. The second-order valence-electron chi connectivity index (χ2n) is 7.66. The van der Waals surface area contributed by atoms with E-state index < -0.39 is 33.2 Å². The average molecular weight is 476 g/mol. The van der Waals surface area contributed by atoms with E-state index in [-0.39, 0.29) is 5.75 Å². The zero-order valence-corrected chi connectivity index (χ0v) is 18.7.